The molecule has 1 heterocycles. The first-order chi connectivity index (χ1) is 14.6. The van der Waals surface area contributed by atoms with E-state index in [2.05, 4.69) is 15.5 Å². The van der Waals surface area contributed by atoms with Gasteiger partial charge in [0.15, 0.2) is 4.34 Å². The van der Waals surface area contributed by atoms with Crippen molar-refractivity contribution in [1.29, 1.82) is 0 Å². The third kappa shape index (κ3) is 6.33. The summed E-state index contributed by atoms with van der Waals surface area (Å²) in [5, 5.41) is 11.4. The van der Waals surface area contributed by atoms with Crippen molar-refractivity contribution >= 4 is 73.0 Å². The number of sulfonamides is 1. The summed E-state index contributed by atoms with van der Waals surface area (Å²) in [6.07, 6.45) is 1.02. The highest BCUT2D eigenvalue weighted by Gasteiger charge is 2.30. The molecule has 1 unspecified atom stereocenters. The lowest BCUT2D eigenvalue weighted by atomic mass is 10.2. The van der Waals surface area contributed by atoms with Gasteiger partial charge in [0, 0.05) is 5.75 Å². The van der Waals surface area contributed by atoms with Crippen LogP contribution in [0.25, 0.3) is 0 Å². The van der Waals surface area contributed by atoms with Crippen LogP contribution in [-0.2, 0) is 20.6 Å². The molecule has 0 bridgehead atoms. The monoisotopic (exact) mass is 516 g/mol. The standard InChI is InChI=1S/C19H18Cl2N4O3S3/c1-12(25(31(2,27)28)14-8-9-15(20)16(21)10-14)17(26)22-18-23-24-19(30-18)29-11-13-6-4-3-5-7-13/h3-10,12H,11H2,1-2H3,(H,22,23,26). The molecule has 2 aromatic carbocycles. The second-order valence-electron chi connectivity index (χ2n) is 6.47. The van der Waals surface area contributed by atoms with Crippen molar-refractivity contribution < 1.29 is 13.2 Å². The number of hydrogen-bond acceptors (Lipinski definition) is 7. The van der Waals surface area contributed by atoms with E-state index in [1.807, 2.05) is 30.3 Å². The maximum absolute atomic E-state index is 12.8. The Morgan fingerprint density at radius 3 is 2.52 bits per heavy atom. The van der Waals surface area contributed by atoms with E-state index in [1.165, 1.54) is 48.2 Å². The lowest BCUT2D eigenvalue weighted by Gasteiger charge is -2.28. The van der Waals surface area contributed by atoms with Crippen LogP contribution in [0.5, 0.6) is 0 Å². The van der Waals surface area contributed by atoms with Gasteiger partial charge in [0.05, 0.1) is 22.0 Å². The smallest absolute Gasteiger partial charge is 0.249 e. The summed E-state index contributed by atoms with van der Waals surface area (Å²) in [6, 6.07) is 13.2. The Bertz CT molecular complexity index is 1170. The molecule has 0 aliphatic heterocycles. The van der Waals surface area contributed by atoms with Crippen LogP contribution in [0.4, 0.5) is 10.8 Å². The van der Waals surface area contributed by atoms with Crippen molar-refractivity contribution in [2.45, 2.75) is 23.1 Å². The third-order valence-electron chi connectivity index (χ3n) is 4.09. The molecule has 0 aliphatic rings. The van der Waals surface area contributed by atoms with Crippen LogP contribution in [0.2, 0.25) is 10.0 Å². The number of halogens is 2. The van der Waals surface area contributed by atoms with Gasteiger partial charge in [-0.3, -0.25) is 14.4 Å². The van der Waals surface area contributed by atoms with Gasteiger partial charge in [-0.1, -0.05) is 76.6 Å². The molecule has 0 spiro atoms. The first-order valence-corrected chi connectivity index (χ1v) is 13.3. The number of carbonyl (C=O) groups is 1. The summed E-state index contributed by atoms with van der Waals surface area (Å²) in [7, 11) is -3.78. The molecule has 1 aromatic heterocycles. The van der Waals surface area contributed by atoms with E-state index in [0.29, 0.717) is 4.34 Å². The zero-order valence-corrected chi connectivity index (χ0v) is 20.4. The number of anilines is 2. The number of hydrogen-bond donors (Lipinski definition) is 1. The van der Waals surface area contributed by atoms with E-state index in [9.17, 15) is 13.2 Å². The molecular formula is C19H18Cl2N4O3S3. The minimum absolute atomic E-state index is 0.185. The first-order valence-electron chi connectivity index (χ1n) is 8.90. The lowest BCUT2D eigenvalue weighted by Crippen LogP contribution is -2.45. The number of amides is 1. The normalized spacial score (nSPS) is 12.4. The highest BCUT2D eigenvalue weighted by molar-refractivity contribution is 8.00. The number of nitrogens with one attached hydrogen (secondary N) is 1. The Morgan fingerprint density at radius 2 is 1.87 bits per heavy atom. The predicted octanol–water partition coefficient (Wildman–Crippen LogP) is 4.93. The first kappa shape index (κ1) is 23.8. The number of nitrogens with zero attached hydrogens (tertiary/aromatic N) is 3. The van der Waals surface area contributed by atoms with Gasteiger partial charge < -0.3 is 0 Å². The minimum atomic E-state index is -3.78. The van der Waals surface area contributed by atoms with Crippen molar-refractivity contribution in [2.75, 3.05) is 15.9 Å². The van der Waals surface area contributed by atoms with Crippen LogP contribution >= 0.6 is 46.3 Å². The van der Waals surface area contributed by atoms with Gasteiger partial charge in [-0.25, -0.2) is 8.42 Å². The quantitative estimate of drug-likeness (QED) is 0.337. The summed E-state index contributed by atoms with van der Waals surface area (Å²) in [5.41, 5.74) is 1.38. The second kappa shape index (κ2) is 10.2. The molecule has 0 radical (unpaired) electrons. The minimum Gasteiger partial charge on any atom is -0.299 e. The second-order valence-corrected chi connectivity index (χ2v) is 11.3. The molecule has 0 fully saturated rings. The van der Waals surface area contributed by atoms with Gasteiger partial charge in [0.1, 0.15) is 6.04 Å². The fourth-order valence-electron chi connectivity index (χ4n) is 2.68. The van der Waals surface area contributed by atoms with Crippen LogP contribution in [0, 0.1) is 0 Å². The number of thioether (sulfide) groups is 1. The molecule has 7 nitrogen and oxygen atoms in total. The van der Waals surface area contributed by atoms with E-state index in [0.717, 1.165) is 21.9 Å². The molecule has 164 valence electrons. The number of rotatable bonds is 8. The van der Waals surface area contributed by atoms with Crippen LogP contribution in [0.15, 0.2) is 52.9 Å². The van der Waals surface area contributed by atoms with Gasteiger partial charge in [0.2, 0.25) is 21.1 Å². The number of carbonyl (C=O) groups excluding carboxylic acids is 1. The predicted molar refractivity (Wildman–Crippen MR) is 128 cm³/mol. The average Bonchev–Trinajstić information content (AvgIpc) is 3.16. The summed E-state index contributed by atoms with van der Waals surface area (Å²) in [5.74, 6) is 0.172. The maximum Gasteiger partial charge on any atom is 0.249 e. The van der Waals surface area contributed by atoms with E-state index < -0.39 is 22.0 Å². The van der Waals surface area contributed by atoms with Crippen molar-refractivity contribution in [3.05, 3.63) is 64.1 Å². The van der Waals surface area contributed by atoms with E-state index in [1.54, 1.807) is 0 Å². The zero-order chi connectivity index (χ0) is 22.6. The Hall–Kier alpha value is -1.85. The summed E-state index contributed by atoms with van der Waals surface area (Å²) in [6.45, 7) is 1.48. The molecule has 0 saturated carbocycles. The molecule has 3 rings (SSSR count). The molecule has 1 amide bonds. The molecule has 3 aromatic rings. The van der Waals surface area contributed by atoms with Crippen molar-refractivity contribution in [3.8, 4) is 0 Å². The highest BCUT2D eigenvalue weighted by atomic mass is 35.5. The molecule has 1 atom stereocenters. The fraction of sp³-hybridized carbons (Fsp3) is 0.211. The summed E-state index contributed by atoms with van der Waals surface area (Å²) in [4.78, 5) is 12.8. The van der Waals surface area contributed by atoms with E-state index in [4.69, 9.17) is 23.2 Å². The molecule has 0 saturated heterocycles. The summed E-state index contributed by atoms with van der Waals surface area (Å²) >= 11 is 14.7. The van der Waals surface area contributed by atoms with Gasteiger partial charge in [-0.15, -0.1) is 10.2 Å². The SMILES string of the molecule is CC(C(=O)Nc1nnc(SCc2ccccc2)s1)N(c1ccc(Cl)c(Cl)c1)S(C)(=O)=O. The molecule has 31 heavy (non-hydrogen) atoms. The average molecular weight is 517 g/mol. The highest BCUT2D eigenvalue weighted by Crippen LogP contribution is 2.31. The largest absolute Gasteiger partial charge is 0.299 e. The van der Waals surface area contributed by atoms with Gasteiger partial charge in [-0.2, -0.15) is 0 Å². The Kier molecular flexibility index (Phi) is 7.82. The zero-order valence-electron chi connectivity index (χ0n) is 16.5. The number of benzene rings is 2. The molecule has 12 heteroatoms. The van der Waals surface area contributed by atoms with Crippen LogP contribution in [-0.4, -0.2) is 36.8 Å². The van der Waals surface area contributed by atoms with Crippen molar-refractivity contribution in [3.63, 3.8) is 0 Å². The maximum atomic E-state index is 12.8. The van der Waals surface area contributed by atoms with Crippen molar-refractivity contribution in [1.82, 2.24) is 10.2 Å². The van der Waals surface area contributed by atoms with Gasteiger partial charge in [-0.05, 0) is 30.7 Å². The van der Waals surface area contributed by atoms with Gasteiger partial charge in [0.25, 0.3) is 0 Å². The number of aromatic nitrogens is 2. The summed E-state index contributed by atoms with van der Waals surface area (Å²) < 4.78 is 26.5. The third-order valence-corrected chi connectivity index (χ3v) is 8.11. The topological polar surface area (TPSA) is 92.3 Å². The fourth-order valence-corrected chi connectivity index (χ4v) is 5.85. The van der Waals surface area contributed by atoms with Gasteiger partial charge >= 0.3 is 0 Å². The van der Waals surface area contributed by atoms with Crippen LogP contribution < -0.4 is 9.62 Å². The lowest BCUT2D eigenvalue weighted by molar-refractivity contribution is -0.116. The molecule has 0 aliphatic carbocycles. The molecule has 1 N–H and O–H groups in total. The Balaban J connectivity index is 1.71. The van der Waals surface area contributed by atoms with Crippen molar-refractivity contribution in [2.24, 2.45) is 0 Å². The van der Waals surface area contributed by atoms with E-state index in [-0.39, 0.29) is 20.9 Å². The molecular weight excluding hydrogens is 499 g/mol. The van der Waals surface area contributed by atoms with Crippen LogP contribution in [0.1, 0.15) is 12.5 Å². The Morgan fingerprint density at radius 1 is 1.16 bits per heavy atom. The van der Waals surface area contributed by atoms with E-state index >= 15 is 0 Å². The Labute approximate surface area is 198 Å². The van der Waals surface area contributed by atoms with Crippen LogP contribution in [0.3, 0.4) is 0 Å².